The summed E-state index contributed by atoms with van der Waals surface area (Å²) in [5.41, 5.74) is 0. The van der Waals surface area contributed by atoms with Gasteiger partial charge < -0.3 is 14.5 Å². The SMILES string of the molecule is CCN(C(=O)N1CCOCC1)C1CCCC1. The van der Waals surface area contributed by atoms with E-state index in [0.29, 0.717) is 19.3 Å². The summed E-state index contributed by atoms with van der Waals surface area (Å²) >= 11 is 0. The zero-order valence-corrected chi connectivity index (χ0v) is 10.2. The van der Waals surface area contributed by atoms with Gasteiger partial charge in [-0.25, -0.2) is 4.79 Å². The molecule has 0 atom stereocenters. The van der Waals surface area contributed by atoms with E-state index in [1.54, 1.807) is 0 Å². The summed E-state index contributed by atoms with van der Waals surface area (Å²) in [6.07, 6.45) is 4.92. The quantitative estimate of drug-likeness (QED) is 0.718. The van der Waals surface area contributed by atoms with Crippen LogP contribution in [0.2, 0.25) is 0 Å². The predicted molar refractivity (Wildman–Crippen MR) is 62.4 cm³/mol. The van der Waals surface area contributed by atoms with Crippen molar-refractivity contribution in [1.29, 1.82) is 0 Å². The molecule has 2 rings (SSSR count). The summed E-state index contributed by atoms with van der Waals surface area (Å²) in [7, 11) is 0. The van der Waals surface area contributed by atoms with Gasteiger partial charge >= 0.3 is 6.03 Å². The Bertz CT molecular complexity index is 233. The molecule has 0 aromatic carbocycles. The van der Waals surface area contributed by atoms with Crippen molar-refractivity contribution in [3.8, 4) is 0 Å². The first kappa shape index (κ1) is 11.7. The van der Waals surface area contributed by atoms with Crippen molar-refractivity contribution in [2.24, 2.45) is 0 Å². The van der Waals surface area contributed by atoms with Crippen LogP contribution in [-0.4, -0.2) is 54.7 Å². The number of urea groups is 1. The second kappa shape index (κ2) is 5.53. The highest BCUT2D eigenvalue weighted by atomic mass is 16.5. The van der Waals surface area contributed by atoms with Gasteiger partial charge in [-0.15, -0.1) is 0 Å². The van der Waals surface area contributed by atoms with Crippen LogP contribution in [0.15, 0.2) is 0 Å². The average Bonchev–Trinajstić information content (AvgIpc) is 2.85. The van der Waals surface area contributed by atoms with E-state index in [1.807, 2.05) is 4.90 Å². The van der Waals surface area contributed by atoms with E-state index >= 15 is 0 Å². The van der Waals surface area contributed by atoms with E-state index in [1.165, 1.54) is 25.7 Å². The van der Waals surface area contributed by atoms with Crippen molar-refractivity contribution in [2.45, 2.75) is 38.6 Å². The molecule has 0 aromatic rings. The summed E-state index contributed by atoms with van der Waals surface area (Å²) < 4.78 is 5.28. The van der Waals surface area contributed by atoms with Crippen LogP contribution in [-0.2, 0) is 4.74 Å². The van der Waals surface area contributed by atoms with Gasteiger partial charge in [-0.3, -0.25) is 0 Å². The number of ether oxygens (including phenoxy) is 1. The smallest absolute Gasteiger partial charge is 0.320 e. The first-order valence-corrected chi connectivity index (χ1v) is 6.46. The molecule has 0 aromatic heterocycles. The molecule has 4 nitrogen and oxygen atoms in total. The van der Waals surface area contributed by atoms with Gasteiger partial charge in [-0.1, -0.05) is 12.8 Å². The maximum Gasteiger partial charge on any atom is 0.320 e. The largest absolute Gasteiger partial charge is 0.378 e. The van der Waals surface area contributed by atoms with Gasteiger partial charge in [0.2, 0.25) is 0 Å². The fourth-order valence-corrected chi connectivity index (χ4v) is 2.70. The van der Waals surface area contributed by atoms with Crippen molar-refractivity contribution in [1.82, 2.24) is 9.80 Å². The van der Waals surface area contributed by atoms with Crippen molar-refractivity contribution in [3.63, 3.8) is 0 Å². The number of carbonyl (C=O) groups excluding carboxylic acids is 1. The van der Waals surface area contributed by atoms with E-state index in [2.05, 4.69) is 11.8 Å². The van der Waals surface area contributed by atoms with Gasteiger partial charge in [0.15, 0.2) is 0 Å². The van der Waals surface area contributed by atoms with Gasteiger partial charge in [-0.2, -0.15) is 0 Å². The van der Waals surface area contributed by atoms with Crippen molar-refractivity contribution in [2.75, 3.05) is 32.8 Å². The van der Waals surface area contributed by atoms with E-state index in [4.69, 9.17) is 4.74 Å². The lowest BCUT2D eigenvalue weighted by molar-refractivity contribution is 0.0399. The monoisotopic (exact) mass is 226 g/mol. The van der Waals surface area contributed by atoms with Crippen LogP contribution in [0.1, 0.15) is 32.6 Å². The first-order chi connectivity index (χ1) is 7.83. The second-order valence-corrected chi connectivity index (χ2v) is 4.61. The van der Waals surface area contributed by atoms with Crippen LogP contribution in [0, 0.1) is 0 Å². The minimum atomic E-state index is 0.220. The van der Waals surface area contributed by atoms with E-state index < -0.39 is 0 Å². The van der Waals surface area contributed by atoms with Crippen molar-refractivity contribution in [3.05, 3.63) is 0 Å². The second-order valence-electron chi connectivity index (χ2n) is 4.61. The molecule has 0 spiro atoms. The molecular formula is C12H22N2O2. The third kappa shape index (κ3) is 2.48. The molecule has 0 radical (unpaired) electrons. The third-order valence-electron chi connectivity index (χ3n) is 3.63. The first-order valence-electron chi connectivity index (χ1n) is 6.46. The van der Waals surface area contributed by atoms with Gasteiger partial charge in [0.25, 0.3) is 0 Å². The van der Waals surface area contributed by atoms with Crippen LogP contribution < -0.4 is 0 Å². The molecule has 0 bridgehead atoms. The number of amides is 2. The minimum Gasteiger partial charge on any atom is -0.378 e. The molecule has 1 aliphatic carbocycles. The number of carbonyl (C=O) groups is 1. The van der Waals surface area contributed by atoms with Crippen LogP contribution in [0.25, 0.3) is 0 Å². The fourth-order valence-electron chi connectivity index (χ4n) is 2.70. The van der Waals surface area contributed by atoms with Gasteiger partial charge in [-0.05, 0) is 19.8 Å². The molecule has 2 aliphatic rings. The normalized spacial score (nSPS) is 22.4. The highest BCUT2D eigenvalue weighted by Gasteiger charge is 2.29. The summed E-state index contributed by atoms with van der Waals surface area (Å²) in [6.45, 7) is 5.80. The molecule has 1 aliphatic heterocycles. The lowest BCUT2D eigenvalue weighted by atomic mass is 10.2. The third-order valence-corrected chi connectivity index (χ3v) is 3.63. The van der Waals surface area contributed by atoms with Crippen LogP contribution in [0.5, 0.6) is 0 Å². The number of nitrogens with zero attached hydrogens (tertiary/aromatic N) is 2. The van der Waals surface area contributed by atoms with Crippen molar-refractivity contribution >= 4 is 6.03 Å². The van der Waals surface area contributed by atoms with Gasteiger partial charge in [0.05, 0.1) is 13.2 Å². The molecule has 1 heterocycles. The molecular weight excluding hydrogens is 204 g/mol. The molecule has 16 heavy (non-hydrogen) atoms. The summed E-state index contributed by atoms with van der Waals surface area (Å²) in [5, 5.41) is 0. The Morgan fingerprint density at radius 1 is 1.31 bits per heavy atom. The molecule has 1 saturated carbocycles. The van der Waals surface area contributed by atoms with Crippen LogP contribution >= 0.6 is 0 Å². The Balaban J connectivity index is 1.93. The standard InChI is InChI=1S/C12H22N2O2/c1-2-14(11-5-3-4-6-11)12(15)13-7-9-16-10-8-13/h11H,2-10H2,1H3. The lowest BCUT2D eigenvalue weighted by Crippen LogP contribution is -2.50. The fraction of sp³-hybridized carbons (Fsp3) is 0.917. The molecule has 1 saturated heterocycles. The van der Waals surface area contributed by atoms with E-state index in [-0.39, 0.29) is 6.03 Å². The van der Waals surface area contributed by atoms with E-state index in [0.717, 1.165) is 19.6 Å². The molecule has 0 N–H and O–H groups in total. The lowest BCUT2D eigenvalue weighted by Gasteiger charge is -2.35. The zero-order chi connectivity index (χ0) is 11.4. The Labute approximate surface area is 97.5 Å². The molecule has 2 fully saturated rings. The van der Waals surface area contributed by atoms with E-state index in [9.17, 15) is 4.79 Å². The number of morpholine rings is 1. The predicted octanol–water partition coefficient (Wildman–Crippen LogP) is 1.70. The zero-order valence-electron chi connectivity index (χ0n) is 10.2. The number of hydrogen-bond donors (Lipinski definition) is 0. The molecule has 4 heteroatoms. The average molecular weight is 226 g/mol. The van der Waals surface area contributed by atoms with Gasteiger partial charge in [0, 0.05) is 25.7 Å². The Hall–Kier alpha value is -0.770. The Morgan fingerprint density at radius 3 is 2.50 bits per heavy atom. The maximum absolute atomic E-state index is 12.3. The van der Waals surface area contributed by atoms with Crippen LogP contribution in [0.4, 0.5) is 4.79 Å². The molecule has 92 valence electrons. The highest BCUT2D eigenvalue weighted by molar-refractivity contribution is 5.75. The molecule has 0 unspecified atom stereocenters. The minimum absolute atomic E-state index is 0.220. The number of hydrogen-bond acceptors (Lipinski definition) is 2. The summed E-state index contributed by atoms with van der Waals surface area (Å²) in [6, 6.07) is 0.707. The maximum atomic E-state index is 12.3. The Kier molecular flexibility index (Phi) is 4.04. The van der Waals surface area contributed by atoms with Crippen molar-refractivity contribution < 1.29 is 9.53 Å². The Morgan fingerprint density at radius 2 is 1.94 bits per heavy atom. The summed E-state index contributed by atoms with van der Waals surface area (Å²) in [5.74, 6) is 0. The highest BCUT2D eigenvalue weighted by Crippen LogP contribution is 2.24. The number of rotatable bonds is 2. The topological polar surface area (TPSA) is 32.8 Å². The van der Waals surface area contributed by atoms with Crippen LogP contribution in [0.3, 0.4) is 0 Å². The molecule has 2 amide bonds. The summed E-state index contributed by atoms with van der Waals surface area (Å²) in [4.78, 5) is 16.3. The van der Waals surface area contributed by atoms with Gasteiger partial charge in [0.1, 0.15) is 0 Å².